The number of benzene rings is 1. The first-order valence-corrected chi connectivity index (χ1v) is 7.42. The van der Waals surface area contributed by atoms with Crippen LogP contribution < -0.4 is 0 Å². The van der Waals surface area contributed by atoms with Gasteiger partial charge in [0.25, 0.3) is 0 Å². The van der Waals surface area contributed by atoms with Crippen LogP contribution in [-0.4, -0.2) is 4.98 Å². The Labute approximate surface area is 118 Å². The zero-order valence-corrected chi connectivity index (χ0v) is 13.4. The van der Waals surface area contributed by atoms with Crippen molar-refractivity contribution >= 4 is 26.8 Å². The molecule has 96 valence electrons. The standard InChI is InChI=1S/C16H20BrN/c1-10-6-13-12(9-17)8-15(16(3,4)5)18-14(13)7-11(10)2/h6-8H,9H2,1-5H3. The number of alkyl halides is 1. The van der Waals surface area contributed by atoms with Gasteiger partial charge < -0.3 is 0 Å². The van der Waals surface area contributed by atoms with Crippen LogP contribution in [0.1, 0.15) is 43.2 Å². The van der Waals surface area contributed by atoms with E-state index in [1.807, 2.05) is 0 Å². The molecule has 0 aliphatic heterocycles. The fourth-order valence-electron chi connectivity index (χ4n) is 2.05. The van der Waals surface area contributed by atoms with E-state index in [2.05, 4.69) is 68.7 Å². The molecule has 0 aliphatic carbocycles. The SMILES string of the molecule is Cc1cc2nc(C(C)(C)C)cc(CBr)c2cc1C. The van der Waals surface area contributed by atoms with Gasteiger partial charge in [-0.05, 0) is 48.7 Å². The first-order valence-electron chi connectivity index (χ1n) is 6.30. The molecule has 1 heterocycles. The highest BCUT2D eigenvalue weighted by molar-refractivity contribution is 9.08. The lowest BCUT2D eigenvalue weighted by molar-refractivity contribution is 0.571. The zero-order chi connectivity index (χ0) is 13.5. The largest absolute Gasteiger partial charge is 0.252 e. The maximum Gasteiger partial charge on any atom is 0.0711 e. The van der Waals surface area contributed by atoms with Crippen LogP contribution >= 0.6 is 15.9 Å². The number of nitrogens with zero attached hydrogens (tertiary/aromatic N) is 1. The Morgan fingerprint density at radius 2 is 1.67 bits per heavy atom. The summed E-state index contributed by atoms with van der Waals surface area (Å²) in [7, 11) is 0. The molecule has 2 rings (SSSR count). The smallest absolute Gasteiger partial charge is 0.0711 e. The monoisotopic (exact) mass is 305 g/mol. The molecule has 0 amide bonds. The lowest BCUT2D eigenvalue weighted by Crippen LogP contribution is -2.14. The summed E-state index contributed by atoms with van der Waals surface area (Å²) in [6, 6.07) is 6.68. The predicted octanol–water partition coefficient (Wildman–Crippen LogP) is 5.04. The summed E-state index contributed by atoms with van der Waals surface area (Å²) in [4.78, 5) is 4.84. The second-order valence-electron chi connectivity index (χ2n) is 6.00. The molecule has 2 aromatic rings. The molecule has 18 heavy (non-hydrogen) atoms. The van der Waals surface area contributed by atoms with Crippen LogP contribution in [0.2, 0.25) is 0 Å². The van der Waals surface area contributed by atoms with Crippen molar-refractivity contribution in [2.75, 3.05) is 0 Å². The molecule has 0 bridgehead atoms. The first-order chi connectivity index (χ1) is 8.32. The molecule has 1 nitrogen and oxygen atoms in total. The number of aromatic nitrogens is 1. The number of rotatable bonds is 1. The zero-order valence-electron chi connectivity index (χ0n) is 11.8. The highest BCUT2D eigenvalue weighted by Crippen LogP contribution is 2.28. The number of halogens is 1. The van der Waals surface area contributed by atoms with Crippen molar-refractivity contribution in [3.05, 3.63) is 40.6 Å². The third kappa shape index (κ3) is 2.44. The van der Waals surface area contributed by atoms with Gasteiger partial charge in [-0.15, -0.1) is 0 Å². The highest BCUT2D eigenvalue weighted by Gasteiger charge is 2.17. The van der Waals surface area contributed by atoms with Crippen molar-refractivity contribution in [2.45, 2.75) is 45.4 Å². The van der Waals surface area contributed by atoms with Crippen LogP contribution in [0.4, 0.5) is 0 Å². The number of fused-ring (bicyclic) bond motifs is 1. The number of hydrogen-bond acceptors (Lipinski definition) is 1. The molecule has 0 radical (unpaired) electrons. The van der Waals surface area contributed by atoms with E-state index in [1.54, 1.807) is 0 Å². The van der Waals surface area contributed by atoms with Crippen LogP contribution in [0.5, 0.6) is 0 Å². The third-order valence-electron chi connectivity index (χ3n) is 3.42. The normalized spacial score (nSPS) is 12.1. The van der Waals surface area contributed by atoms with Crippen molar-refractivity contribution in [1.82, 2.24) is 4.98 Å². The van der Waals surface area contributed by atoms with Gasteiger partial charge >= 0.3 is 0 Å². The molecule has 0 spiro atoms. The van der Waals surface area contributed by atoms with E-state index >= 15 is 0 Å². The summed E-state index contributed by atoms with van der Waals surface area (Å²) in [5.74, 6) is 0. The number of pyridine rings is 1. The Morgan fingerprint density at radius 3 is 2.22 bits per heavy atom. The molecule has 0 fully saturated rings. The Kier molecular flexibility index (Phi) is 3.50. The van der Waals surface area contributed by atoms with Gasteiger partial charge in [0.1, 0.15) is 0 Å². The third-order valence-corrected chi connectivity index (χ3v) is 4.03. The second-order valence-corrected chi connectivity index (χ2v) is 6.56. The quantitative estimate of drug-likeness (QED) is 0.672. The van der Waals surface area contributed by atoms with Gasteiger partial charge in [-0.2, -0.15) is 0 Å². The van der Waals surface area contributed by atoms with Crippen molar-refractivity contribution in [1.29, 1.82) is 0 Å². The van der Waals surface area contributed by atoms with Crippen molar-refractivity contribution in [3.63, 3.8) is 0 Å². The average molecular weight is 306 g/mol. The summed E-state index contributed by atoms with van der Waals surface area (Å²) in [6.45, 7) is 10.9. The van der Waals surface area contributed by atoms with Gasteiger partial charge in [0.15, 0.2) is 0 Å². The van der Waals surface area contributed by atoms with Gasteiger partial charge in [0.05, 0.1) is 5.52 Å². The average Bonchev–Trinajstić information content (AvgIpc) is 2.28. The van der Waals surface area contributed by atoms with Crippen LogP contribution in [0.3, 0.4) is 0 Å². The minimum absolute atomic E-state index is 0.0872. The second kappa shape index (κ2) is 4.65. The van der Waals surface area contributed by atoms with E-state index in [-0.39, 0.29) is 5.41 Å². The van der Waals surface area contributed by atoms with Gasteiger partial charge in [-0.1, -0.05) is 36.7 Å². The van der Waals surface area contributed by atoms with Crippen LogP contribution in [0.25, 0.3) is 10.9 Å². The molecular formula is C16H20BrN. The van der Waals surface area contributed by atoms with E-state index in [0.29, 0.717) is 0 Å². The maximum atomic E-state index is 4.84. The summed E-state index contributed by atoms with van der Waals surface area (Å²) < 4.78 is 0. The maximum absolute atomic E-state index is 4.84. The molecule has 0 unspecified atom stereocenters. The molecule has 0 saturated carbocycles. The minimum Gasteiger partial charge on any atom is -0.252 e. The van der Waals surface area contributed by atoms with Gasteiger partial charge in [0, 0.05) is 21.8 Å². The Morgan fingerprint density at radius 1 is 1.06 bits per heavy atom. The van der Waals surface area contributed by atoms with Gasteiger partial charge in [-0.3, -0.25) is 4.98 Å². The molecule has 0 atom stereocenters. The molecule has 1 aromatic carbocycles. The van der Waals surface area contributed by atoms with Gasteiger partial charge in [0.2, 0.25) is 0 Å². The fraction of sp³-hybridized carbons (Fsp3) is 0.438. The molecule has 2 heteroatoms. The van der Waals surface area contributed by atoms with Crippen molar-refractivity contribution < 1.29 is 0 Å². The molecule has 0 N–H and O–H groups in total. The molecule has 0 saturated heterocycles. The predicted molar refractivity (Wildman–Crippen MR) is 82.5 cm³/mol. The Balaban J connectivity index is 2.80. The van der Waals surface area contributed by atoms with Crippen molar-refractivity contribution in [3.8, 4) is 0 Å². The minimum atomic E-state index is 0.0872. The summed E-state index contributed by atoms with van der Waals surface area (Å²) in [5.41, 5.74) is 6.32. The summed E-state index contributed by atoms with van der Waals surface area (Å²) >= 11 is 3.59. The Bertz CT molecular complexity index is 594. The molecule has 0 aliphatic rings. The van der Waals surface area contributed by atoms with Crippen LogP contribution in [-0.2, 0) is 10.7 Å². The van der Waals surface area contributed by atoms with E-state index in [4.69, 9.17) is 4.98 Å². The summed E-state index contributed by atoms with van der Waals surface area (Å²) in [5, 5.41) is 2.14. The van der Waals surface area contributed by atoms with Crippen LogP contribution in [0, 0.1) is 13.8 Å². The summed E-state index contributed by atoms with van der Waals surface area (Å²) in [6.07, 6.45) is 0. The number of aryl methyl sites for hydroxylation is 2. The Hall–Kier alpha value is -0.890. The molecule has 1 aromatic heterocycles. The lowest BCUT2D eigenvalue weighted by atomic mass is 9.89. The number of hydrogen-bond donors (Lipinski definition) is 0. The van der Waals surface area contributed by atoms with Crippen molar-refractivity contribution in [2.24, 2.45) is 0 Å². The highest BCUT2D eigenvalue weighted by atomic mass is 79.9. The van der Waals surface area contributed by atoms with E-state index < -0.39 is 0 Å². The van der Waals surface area contributed by atoms with E-state index in [9.17, 15) is 0 Å². The fourth-order valence-corrected chi connectivity index (χ4v) is 2.51. The van der Waals surface area contributed by atoms with Gasteiger partial charge in [-0.25, -0.2) is 0 Å². The van der Waals surface area contributed by atoms with Crippen LogP contribution in [0.15, 0.2) is 18.2 Å². The lowest BCUT2D eigenvalue weighted by Gasteiger charge is -2.20. The molecular weight excluding hydrogens is 286 g/mol. The topological polar surface area (TPSA) is 12.9 Å². The first kappa shape index (κ1) is 13.5. The van der Waals surface area contributed by atoms with E-state index in [1.165, 1.54) is 22.1 Å². The van der Waals surface area contributed by atoms with E-state index in [0.717, 1.165) is 16.5 Å².